The Kier molecular flexibility index (Phi) is 4.67. The first kappa shape index (κ1) is 13.7. The van der Waals surface area contributed by atoms with Gasteiger partial charge >= 0.3 is 0 Å². The van der Waals surface area contributed by atoms with Crippen LogP contribution in [0.25, 0.3) is 10.6 Å². The molecule has 6 nitrogen and oxygen atoms in total. The van der Waals surface area contributed by atoms with E-state index in [1.165, 1.54) is 17.4 Å². The van der Waals surface area contributed by atoms with Crippen LogP contribution in [0.3, 0.4) is 0 Å². The fourth-order valence-electron chi connectivity index (χ4n) is 1.53. The Bertz CT molecular complexity index is 525. The lowest BCUT2D eigenvalue weighted by atomic mass is 10.2. The maximum absolute atomic E-state index is 9.43. The van der Waals surface area contributed by atoms with E-state index in [1.807, 2.05) is 0 Å². The predicted molar refractivity (Wildman–Crippen MR) is 72.3 cm³/mol. The summed E-state index contributed by atoms with van der Waals surface area (Å²) in [5.41, 5.74) is 0.651. The van der Waals surface area contributed by atoms with Gasteiger partial charge in [-0.1, -0.05) is 11.3 Å². The van der Waals surface area contributed by atoms with Gasteiger partial charge in [0.2, 0.25) is 0 Å². The van der Waals surface area contributed by atoms with E-state index in [9.17, 15) is 10.2 Å². The number of hydrogen-bond donors (Lipinski definition) is 3. The molecule has 0 aliphatic carbocycles. The van der Waals surface area contributed by atoms with Crippen LogP contribution in [-0.4, -0.2) is 40.7 Å². The standard InChI is InChI=1S/C12H15N3O3S/c1-18-3-2-13-7-11-14-15-12(19-11)8-4-9(16)6-10(17)5-8/h4-6,13,16-17H,2-3,7H2,1H3. The molecule has 0 atom stereocenters. The first-order valence-corrected chi connectivity index (χ1v) is 6.56. The summed E-state index contributed by atoms with van der Waals surface area (Å²) in [6.45, 7) is 2.01. The van der Waals surface area contributed by atoms with Crippen LogP contribution < -0.4 is 5.32 Å². The number of nitrogens with zero attached hydrogens (tertiary/aromatic N) is 2. The molecular formula is C12H15N3O3S. The van der Waals surface area contributed by atoms with E-state index in [2.05, 4.69) is 15.5 Å². The fourth-order valence-corrected chi connectivity index (χ4v) is 2.33. The highest BCUT2D eigenvalue weighted by Gasteiger charge is 2.08. The van der Waals surface area contributed by atoms with Crippen LogP contribution in [0.15, 0.2) is 18.2 Å². The van der Waals surface area contributed by atoms with Crippen molar-refractivity contribution in [3.8, 4) is 22.1 Å². The first-order valence-electron chi connectivity index (χ1n) is 5.74. The first-order chi connectivity index (χ1) is 9.19. The van der Waals surface area contributed by atoms with Gasteiger partial charge in [0.15, 0.2) is 0 Å². The smallest absolute Gasteiger partial charge is 0.148 e. The summed E-state index contributed by atoms with van der Waals surface area (Å²) in [7, 11) is 1.65. The van der Waals surface area contributed by atoms with Crippen molar-refractivity contribution in [2.75, 3.05) is 20.3 Å². The van der Waals surface area contributed by atoms with Gasteiger partial charge in [-0.05, 0) is 12.1 Å². The van der Waals surface area contributed by atoms with Crippen molar-refractivity contribution >= 4 is 11.3 Å². The van der Waals surface area contributed by atoms with Crippen LogP contribution in [0.1, 0.15) is 5.01 Å². The minimum Gasteiger partial charge on any atom is -0.508 e. The van der Waals surface area contributed by atoms with E-state index < -0.39 is 0 Å². The molecule has 0 spiro atoms. The highest BCUT2D eigenvalue weighted by Crippen LogP contribution is 2.30. The van der Waals surface area contributed by atoms with Crippen LogP contribution in [-0.2, 0) is 11.3 Å². The number of hydrogen-bond acceptors (Lipinski definition) is 7. The normalized spacial score (nSPS) is 10.8. The third-order valence-corrected chi connectivity index (χ3v) is 3.35. The number of phenols is 2. The predicted octanol–water partition coefficient (Wildman–Crippen LogP) is 1.35. The zero-order valence-corrected chi connectivity index (χ0v) is 11.3. The van der Waals surface area contributed by atoms with Crippen LogP contribution in [0.5, 0.6) is 11.5 Å². The van der Waals surface area contributed by atoms with Crippen LogP contribution in [0.2, 0.25) is 0 Å². The number of aromatic nitrogens is 2. The summed E-state index contributed by atoms with van der Waals surface area (Å²) in [5, 5.41) is 31.6. The molecule has 0 aliphatic heterocycles. The van der Waals surface area contributed by atoms with Crippen LogP contribution >= 0.6 is 11.3 Å². The summed E-state index contributed by atoms with van der Waals surface area (Å²) in [6.07, 6.45) is 0. The van der Waals surface area contributed by atoms with E-state index in [-0.39, 0.29) is 11.5 Å². The van der Waals surface area contributed by atoms with Crippen molar-refractivity contribution in [3.05, 3.63) is 23.2 Å². The van der Waals surface area contributed by atoms with Crippen molar-refractivity contribution in [1.82, 2.24) is 15.5 Å². The van der Waals surface area contributed by atoms with Gasteiger partial charge in [0.25, 0.3) is 0 Å². The van der Waals surface area contributed by atoms with Gasteiger partial charge in [0.05, 0.1) is 6.61 Å². The third-order valence-electron chi connectivity index (χ3n) is 2.38. The minimum atomic E-state index is 0.00460. The zero-order chi connectivity index (χ0) is 13.7. The topological polar surface area (TPSA) is 87.5 Å². The number of benzene rings is 1. The molecule has 1 heterocycles. The molecule has 2 rings (SSSR count). The van der Waals surface area contributed by atoms with E-state index in [0.29, 0.717) is 23.7 Å². The summed E-state index contributed by atoms with van der Waals surface area (Å²) < 4.78 is 4.93. The number of rotatable bonds is 6. The lowest BCUT2D eigenvalue weighted by Crippen LogP contribution is -2.18. The summed E-state index contributed by atoms with van der Waals surface area (Å²) in [6, 6.07) is 4.36. The van der Waals surface area contributed by atoms with E-state index in [4.69, 9.17) is 4.74 Å². The van der Waals surface area contributed by atoms with Crippen molar-refractivity contribution in [2.45, 2.75) is 6.54 Å². The van der Waals surface area contributed by atoms with E-state index in [0.717, 1.165) is 11.6 Å². The molecule has 0 saturated carbocycles. The molecule has 0 aliphatic rings. The Labute approximate surface area is 114 Å². The highest BCUT2D eigenvalue weighted by molar-refractivity contribution is 7.14. The Hall–Kier alpha value is -1.70. The molecule has 0 saturated heterocycles. The number of methoxy groups -OCH3 is 1. The molecule has 0 radical (unpaired) electrons. The molecule has 7 heteroatoms. The van der Waals surface area contributed by atoms with Crippen LogP contribution in [0.4, 0.5) is 0 Å². The molecule has 1 aromatic carbocycles. The molecule has 102 valence electrons. The molecule has 0 fully saturated rings. The molecule has 1 aromatic heterocycles. The van der Waals surface area contributed by atoms with Gasteiger partial charge in [-0.25, -0.2) is 0 Å². The summed E-state index contributed by atoms with van der Waals surface area (Å²) in [5.74, 6) is 0.00920. The number of ether oxygens (including phenoxy) is 1. The molecular weight excluding hydrogens is 266 g/mol. The lowest BCUT2D eigenvalue weighted by Gasteiger charge is -2.00. The van der Waals surface area contributed by atoms with Crippen molar-refractivity contribution in [1.29, 1.82) is 0 Å². The zero-order valence-electron chi connectivity index (χ0n) is 10.5. The molecule has 0 unspecified atom stereocenters. The fraction of sp³-hybridized carbons (Fsp3) is 0.333. The van der Waals surface area contributed by atoms with Gasteiger partial charge in [-0.2, -0.15) is 0 Å². The second kappa shape index (κ2) is 6.46. The highest BCUT2D eigenvalue weighted by atomic mass is 32.1. The molecule has 19 heavy (non-hydrogen) atoms. The second-order valence-electron chi connectivity index (χ2n) is 3.91. The average Bonchev–Trinajstić information content (AvgIpc) is 2.82. The van der Waals surface area contributed by atoms with Gasteiger partial charge < -0.3 is 20.3 Å². The number of phenolic OH excluding ortho intramolecular Hbond substituents is 2. The van der Waals surface area contributed by atoms with Gasteiger partial charge in [-0.3, -0.25) is 0 Å². The van der Waals surface area contributed by atoms with Gasteiger partial charge in [0, 0.05) is 31.8 Å². The second-order valence-corrected chi connectivity index (χ2v) is 4.97. The monoisotopic (exact) mass is 281 g/mol. The Morgan fingerprint density at radius 2 is 1.95 bits per heavy atom. The molecule has 0 bridgehead atoms. The quantitative estimate of drug-likeness (QED) is 0.693. The van der Waals surface area contributed by atoms with Crippen molar-refractivity contribution in [2.24, 2.45) is 0 Å². The SMILES string of the molecule is COCCNCc1nnc(-c2cc(O)cc(O)c2)s1. The van der Waals surface area contributed by atoms with Crippen molar-refractivity contribution in [3.63, 3.8) is 0 Å². The minimum absolute atomic E-state index is 0.00460. The Morgan fingerprint density at radius 3 is 2.63 bits per heavy atom. The Morgan fingerprint density at radius 1 is 1.21 bits per heavy atom. The maximum Gasteiger partial charge on any atom is 0.148 e. The van der Waals surface area contributed by atoms with Crippen LogP contribution in [0, 0.1) is 0 Å². The summed E-state index contributed by atoms with van der Waals surface area (Å²) in [4.78, 5) is 0. The lowest BCUT2D eigenvalue weighted by molar-refractivity contribution is 0.199. The Balaban J connectivity index is 2.03. The maximum atomic E-state index is 9.43. The number of nitrogens with one attached hydrogen (secondary N) is 1. The third kappa shape index (κ3) is 3.88. The average molecular weight is 281 g/mol. The molecule has 0 amide bonds. The van der Waals surface area contributed by atoms with Crippen molar-refractivity contribution < 1.29 is 14.9 Å². The van der Waals surface area contributed by atoms with Gasteiger partial charge in [0.1, 0.15) is 21.5 Å². The summed E-state index contributed by atoms with van der Waals surface area (Å²) >= 11 is 1.41. The van der Waals surface area contributed by atoms with Gasteiger partial charge in [-0.15, -0.1) is 10.2 Å². The van der Waals surface area contributed by atoms with E-state index >= 15 is 0 Å². The number of aromatic hydroxyl groups is 2. The molecule has 3 N–H and O–H groups in total. The molecule has 2 aromatic rings. The largest absolute Gasteiger partial charge is 0.508 e. The van der Waals surface area contributed by atoms with E-state index in [1.54, 1.807) is 19.2 Å².